The van der Waals surface area contributed by atoms with E-state index >= 15 is 0 Å². The maximum atomic E-state index is 12.5. The average molecular weight is 325 g/mol. The van der Waals surface area contributed by atoms with Gasteiger partial charge in [0, 0.05) is 13.0 Å². The zero-order valence-electron chi connectivity index (χ0n) is 11.0. The Morgan fingerprint density at radius 3 is 2.52 bits per heavy atom. The van der Waals surface area contributed by atoms with Crippen molar-refractivity contribution in [2.24, 2.45) is 5.92 Å². The van der Waals surface area contributed by atoms with Gasteiger partial charge < -0.3 is 5.11 Å². The summed E-state index contributed by atoms with van der Waals surface area (Å²) in [5.41, 5.74) is -1.07. The summed E-state index contributed by atoms with van der Waals surface area (Å²) in [7, 11) is -4.12. The molecular weight excluding hydrogens is 311 g/mol. The number of carbonyl (C=O) groups is 1. The van der Waals surface area contributed by atoms with E-state index in [4.69, 9.17) is 5.11 Å². The van der Waals surface area contributed by atoms with Crippen LogP contribution in [0, 0.1) is 5.92 Å². The predicted octanol–water partition coefficient (Wildman–Crippen LogP) is 2.09. The number of rotatable bonds is 6. The number of benzene rings is 1. The average Bonchev–Trinajstić information content (AvgIpc) is 2.35. The Morgan fingerprint density at radius 1 is 1.38 bits per heavy atom. The van der Waals surface area contributed by atoms with Crippen LogP contribution >= 0.6 is 0 Å². The van der Waals surface area contributed by atoms with Crippen molar-refractivity contribution < 1.29 is 31.5 Å². The van der Waals surface area contributed by atoms with Crippen LogP contribution < -0.4 is 4.72 Å². The summed E-state index contributed by atoms with van der Waals surface area (Å²) in [6, 6.07) is 3.34. The molecule has 0 aliphatic rings. The Morgan fingerprint density at radius 2 is 2.00 bits per heavy atom. The Labute approximate surface area is 119 Å². The highest BCUT2D eigenvalue weighted by molar-refractivity contribution is 7.89. The van der Waals surface area contributed by atoms with Gasteiger partial charge in [0.25, 0.3) is 0 Å². The first-order valence-electron chi connectivity index (χ1n) is 5.91. The number of halogens is 3. The third-order valence-corrected chi connectivity index (χ3v) is 4.04. The van der Waals surface area contributed by atoms with Gasteiger partial charge in [-0.2, -0.15) is 13.2 Å². The summed E-state index contributed by atoms with van der Waals surface area (Å²) in [6.07, 6.45) is -4.88. The fourth-order valence-corrected chi connectivity index (χ4v) is 2.76. The molecule has 0 bridgehead atoms. The van der Waals surface area contributed by atoms with Gasteiger partial charge in [0.2, 0.25) is 10.0 Å². The lowest BCUT2D eigenvalue weighted by atomic mass is 10.1. The van der Waals surface area contributed by atoms with Gasteiger partial charge in [-0.05, 0) is 24.1 Å². The van der Waals surface area contributed by atoms with Crippen LogP contribution in [-0.2, 0) is 21.0 Å². The number of nitrogens with one attached hydrogen (secondary N) is 1. The molecule has 0 saturated heterocycles. The first kappa shape index (κ1) is 17.4. The van der Waals surface area contributed by atoms with Crippen LogP contribution in [0.5, 0.6) is 0 Å². The van der Waals surface area contributed by atoms with Crippen molar-refractivity contribution in [3.63, 3.8) is 0 Å². The van der Waals surface area contributed by atoms with Gasteiger partial charge in [-0.1, -0.05) is 13.0 Å². The molecule has 0 aliphatic carbocycles. The molecule has 5 nitrogen and oxygen atoms in total. The van der Waals surface area contributed by atoms with Crippen molar-refractivity contribution in [3.8, 4) is 0 Å². The standard InChI is InChI=1S/C12H14F3NO4S/c1-8(5-11(17)18)7-16-21(19,20)10-4-2-3-9(6-10)12(13,14)15/h2-4,6,8,16H,5,7H2,1H3,(H,17,18). The first-order chi connectivity index (χ1) is 9.52. The number of hydrogen-bond donors (Lipinski definition) is 2. The maximum Gasteiger partial charge on any atom is 0.416 e. The van der Waals surface area contributed by atoms with Crippen LogP contribution in [0.15, 0.2) is 29.2 Å². The van der Waals surface area contributed by atoms with Crippen LogP contribution in [0.25, 0.3) is 0 Å². The predicted molar refractivity (Wildman–Crippen MR) is 68.0 cm³/mol. The Bertz CT molecular complexity index is 613. The van der Waals surface area contributed by atoms with Gasteiger partial charge >= 0.3 is 12.1 Å². The van der Waals surface area contributed by atoms with Crippen molar-refractivity contribution in [3.05, 3.63) is 29.8 Å². The quantitative estimate of drug-likeness (QED) is 0.839. The molecule has 0 aromatic heterocycles. The molecule has 0 amide bonds. The van der Waals surface area contributed by atoms with Crippen LogP contribution in [-0.4, -0.2) is 26.0 Å². The normalized spacial score (nSPS) is 13.9. The molecule has 21 heavy (non-hydrogen) atoms. The molecule has 1 rings (SSSR count). The molecule has 9 heteroatoms. The lowest BCUT2D eigenvalue weighted by molar-refractivity contribution is -0.138. The number of alkyl halides is 3. The zero-order valence-corrected chi connectivity index (χ0v) is 11.8. The van der Waals surface area contributed by atoms with Crippen molar-refractivity contribution >= 4 is 16.0 Å². The summed E-state index contributed by atoms with van der Waals surface area (Å²) in [5.74, 6) is -1.57. The zero-order chi connectivity index (χ0) is 16.3. The minimum Gasteiger partial charge on any atom is -0.481 e. The highest BCUT2D eigenvalue weighted by Crippen LogP contribution is 2.30. The lowest BCUT2D eigenvalue weighted by Crippen LogP contribution is -2.29. The summed E-state index contributed by atoms with van der Waals surface area (Å²) >= 11 is 0. The van der Waals surface area contributed by atoms with E-state index in [0.717, 1.165) is 18.2 Å². The van der Waals surface area contributed by atoms with Crippen LogP contribution in [0.3, 0.4) is 0 Å². The molecule has 2 N–H and O–H groups in total. The van der Waals surface area contributed by atoms with Crippen molar-refractivity contribution in [1.29, 1.82) is 0 Å². The van der Waals surface area contributed by atoms with Crippen molar-refractivity contribution in [2.75, 3.05) is 6.54 Å². The molecule has 118 valence electrons. The number of aliphatic carboxylic acids is 1. The van der Waals surface area contributed by atoms with E-state index in [0.29, 0.717) is 6.07 Å². The molecule has 0 radical (unpaired) electrons. The Hall–Kier alpha value is -1.61. The van der Waals surface area contributed by atoms with Crippen molar-refractivity contribution in [2.45, 2.75) is 24.4 Å². The summed E-state index contributed by atoms with van der Waals surface area (Å²) in [4.78, 5) is 9.94. The second-order valence-electron chi connectivity index (χ2n) is 4.58. The van der Waals surface area contributed by atoms with Crippen LogP contribution in [0.2, 0.25) is 0 Å². The number of sulfonamides is 1. The van der Waals surface area contributed by atoms with Gasteiger partial charge in [0.1, 0.15) is 0 Å². The maximum absolute atomic E-state index is 12.5. The molecule has 0 aliphatic heterocycles. The van der Waals surface area contributed by atoms with E-state index in [1.165, 1.54) is 6.92 Å². The monoisotopic (exact) mass is 325 g/mol. The van der Waals surface area contributed by atoms with E-state index in [9.17, 15) is 26.4 Å². The van der Waals surface area contributed by atoms with Gasteiger partial charge in [0.05, 0.1) is 10.5 Å². The molecule has 1 aromatic carbocycles. The molecule has 0 heterocycles. The van der Waals surface area contributed by atoms with Gasteiger partial charge in [-0.15, -0.1) is 0 Å². The molecule has 0 spiro atoms. The fraction of sp³-hybridized carbons (Fsp3) is 0.417. The molecule has 1 aromatic rings. The van der Waals surface area contributed by atoms with Crippen LogP contribution in [0.1, 0.15) is 18.9 Å². The van der Waals surface area contributed by atoms with Gasteiger partial charge in [-0.25, -0.2) is 13.1 Å². The second kappa shape index (κ2) is 6.44. The first-order valence-corrected chi connectivity index (χ1v) is 7.39. The topological polar surface area (TPSA) is 83.5 Å². The highest BCUT2D eigenvalue weighted by Gasteiger charge is 2.31. The molecule has 1 unspecified atom stereocenters. The smallest absolute Gasteiger partial charge is 0.416 e. The third-order valence-electron chi connectivity index (χ3n) is 2.62. The van der Waals surface area contributed by atoms with E-state index in [1.54, 1.807) is 0 Å². The van der Waals surface area contributed by atoms with Crippen LogP contribution in [0.4, 0.5) is 13.2 Å². The molecule has 0 fully saturated rings. The summed E-state index contributed by atoms with van der Waals surface area (Å²) in [6.45, 7) is 1.34. The summed E-state index contributed by atoms with van der Waals surface area (Å²) < 4.78 is 63.5. The van der Waals surface area contributed by atoms with E-state index < -0.39 is 38.5 Å². The summed E-state index contributed by atoms with van der Waals surface area (Å²) in [5, 5.41) is 8.55. The number of carboxylic acid groups (broad SMARTS) is 1. The van der Waals surface area contributed by atoms with Crippen molar-refractivity contribution in [1.82, 2.24) is 4.72 Å². The SMILES string of the molecule is CC(CNS(=O)(=O)c1cccc(C(F)(F)F)c1)CC(=O)O. The minimum absolute atomic E-state index is 0.176. The van der Waals surface area contributed by atoms with E-state index in [2.05, 4.69) is 4.72 Å². The molecule has 1 atom stereocenters. The molecular formula is C12H14F3NO4S. The highest BCUT2D eigenvalue weighted by atomic mass is 32.2. The Kier molecular flexibility index (Phi) is 5.35. The number of hydrogen-bond acceptors (Lipinski definition) is 3. The minimum atomic E-state index is -4.64. The third kappa shape index (κ3) is 5.35. The fourth-order valence-electron chi connectivity index (χ4n) is 1.55. The second-order valence-corrected chi connectivity index (χ2v) is 6.35. The van der Waals surface area contributed by atoms with Gasteiger partial charge in [0.15, 0.2) is 0 Å². The van der Waals surface area contributed by atoms with Gasteiger partial charge in [-0.3, -0.25) is 4.79 Å². The van der Waals surface area contributed by atoms with E-state index in [-0.39, 0.29) is 13.0 Å². The number of carboxylic acids is 1. The molecule has 0 saturated carbocycles. The lowest BCUT2D eigenvalue weighted by Gasteiger charge is -2.12. The largest absolute Gasteiger partial charge is 0.481 e. The van der Waals surface area contributed by atoms with E-state index in [1.807, 2.05) is 0 Å². The Balaban J connectivity index is 2.86.